The summed E-state index contributed by atoms with van der Waals surface area (Å²) in [5, 5.41) is 7.10. The second-order valence-electron chi connectivity index (χ2n) is 8.25. The number of nitrogens with one attached hydrogen (secondary N) is 2. The minimum absolute atomic E-state index is 0.255. The number of rotatable bonds is 6. The lowest BCUT2D eigenvalue weighted by Crippen LogP contribution is -2.37. The highest BCUT2D eigenvalue weighted by Gasteiger charge is 2.32. The Morgan fingerprint density at radius 2 is 2.11 bits per heavy atom. The molecule has 1 amide bonds. The van der Waals surface area contributed by atoms with Crippen molar-refractivity contribution in [3.05, 3.63) is 54.0 Å². The van der Waals surface area contributed by atoms with E-state index in [9.17, 15) is 14.0 Å². The number of H-pyrrole nitrogens is 1. The van der Waals surface area contributed by atoms with Crippen LogP contribution in [0.15, 0.2) is 42.6 Å². The number of esters is 1. The van der Waals surface area contributed by atoms with Crippen LogP contribution in [0.5, 0.6) is 0 Å². The lowest BCUT2D eigenvalue weighted by molar-refractivity contribution is -0.144. The van der Waals surface area contributed by atoms with Gasteiger partial charge in [0.25, 0.3) is 5.91 Å². The topological polar surface area (TPSA) is 118 Å². The van der Waals surface area contributed by atoms with Gasteiger partial charge in [-0.15, -0.1) is 0 Å². The maximum Gasteiger partial charge on any atom is 0.328 e. The molecule has 0 aliphatic carbocycles. The fraction of sp³-hybridized carbons (Fsp3) is 0.292. The van der Waals surface area contributed by atoms with Crippen molar-refractivity contribution in [3.63, 3.8) is 0 Å². The van der Waals surface area contributed by atoms with Gasteiger partial charge >= 0.3 is 5.97 Å². The Bertz CT molecular complexity index is 1400. The molecule has 11 heteroatoms. The Kier molecular flexibility index (Phi) is 5.89. The van der Waals surface area contributed by atoms with Crippen molar-refractivity contribution in [2.45, 2.75) is 25.8 Å². The lowest BCUT2D eigenvalue weighted by Gasteiger charge is -2.24. The predicted octanol–water partition coefficient (Wildman–Crippen LogP) is 3.28. The first-order chi connectivity index (χ1) is 16.9. The number of halogens is 1. The number of carbonyl (C=O) groups excluding carboxylic acids is 2. The molecule has 0 saturated carbocycles. The van der Waals surface area contributed by atoms with Crippen molar-refractivity contribution >= 4 is 34.5 Å². The Morgan fingerprint density at radius 3 is 2.89 bits per heavy atom. The van der Waals surface area contributed by atoms with Crippen molar-refractivity contribution in [1.82, 2.24) is 24.7 Å². The third-order valence-corrected chi connectivity index (χ3v) is 5.92. The molecule has 0 bridgehead atoms. The van der Waals surface area contributed by atoms with Crippen molar-refractivity contribution < 1.29 is 18.7 Å². The summed E-state index contributed by atoms with van der Waals surface area (Å²) in [7, 11) is 1.73. The SMILES string of the molecule is CCOC(=O)[C@@H]1CCCN1c1ccc(C(=O)Nc2cc(-c3nc4cc(F)ccc4[nH]3)n(C)n2)cn1. The second kappa shape index (κ2) is 9.16. The van der Waals surface area contributed by atoms with Crippen LogP contribution in [-0.4, -0.2) is 55.8 Å². The number of ether oxygens (including phenoxy) is 1. The van der Waals surface area contributed by atoms with Gasteiger partial charge < -0.3 is 19.9 Å². The summed E-state index contributed by atoms with van der Waals surface area (Å²) in [5.41, 5.74) is 2.18. The molecule has 3 aromatic heterocycles. The highest BCUT2D eigenvalue weighted by molar-refractivity contribution is 6.03. The van der Waals surface area contributed by atoms with Gasteiger partial charge in [0, 0.05) is 31.9 Å². The van der Waals surface area contributed by atoms with E-state index in [2.05, 4.69) is 25.4 Å². The summed E-state index contributed by atoms with van der Waals surface area (Å²) >= 11 is 0. The standard InChI is InChI=1S/C24H24FN7O3/c1-3-35-24(34)18-5-4-10-32(18)21-9-6-14(13-26-21)23(33)29-20-12-19(31(2)30-20)22-27-16-8-7-15(25)11-17(16)28-22/h6-9,11-13,18H,3-5,10H2,1-2H3,(H,27,28)(H,29,30,33)/t18-/m0/s1. The van der Waals surface area contributed by atoms with E-state index in [0.29, 0.717) is 59.3 Å². The number of hydrogen-bond donors (Lipinski definition) is 2. The molecule has 4 heterocycles. The molecule has 0 spiro atoms. The molecule has 0 unspecified atom stereocenters. The van der Waals surface area contributed by atoms with Gasteiger partial charge in [-0.1, -0.05) is 0 Å². The number of aromatic amines is 1. The molecule has 1 aliphatic rings. The summed E-state index contributed by atoms with van der Waals surface area (Å²) in [6.07, 6.45) is 3.06. The molecule has 1 saturated heterocycles. The number of aromatic nitrogens is 5. The fourth-order valence-electron chi connectivity index (χ4n) is 4.25. The van der Waals surface area contributed by atoms with Gasteiger partial charge in [0.1, 0.15) is 23.4 Å². The van der Waals surface area contributed by atoms with E-state index in [1.807, 2.05) is 4.90 Å². The molecule has 4 aromatic rings. The van der Waals surface area contributed by atoms with Crippen molar-refractivity contribution in [2.24, 2.45) is 7.05 Å². The first-order valence-electron chi connectivity index (χ1n) is 11.3. The van der Waals surface area contributed by atoms with E-state index in [1.54, 1.807) is 42.9 Å². The minimum atomic E-state index is -0.372. The number of fused-ring (bicyclic) bond motifs is 1. The Hall–Kier alpha value is -4.28. The number of carbonyl (C=O) groups is 2. The molecule has 1 aliphatic heterocycles. The number of amides is 1. The van der Waals surface area contributed by atoms with E-state index in [1.165, 1.54) is 18.3 Å². The Morgan fingerprint density at radius 1 is 1.26 bits per heavy atom. The van der Waals surface area contributed by atoms with Gasteiger partial charge in [-0.3, -0.25) is 9.48 Å². The molecule has 1 aromatic carbocycles. The van der Waals surface area contributed by atoms with Crippen LogP contribution in [0.25, 0.3) is 22.6 Å². The van der Waals surface area contributed by atoms with Crippen LogP contribution in [-0.2, 0) is 16.6 Å². The van der Waals surface area contributed by atoms with Gasteiger partial charge in [0.2, 0.25) is 0 Å². The maximum absolute atomic E-state index is 13.5. The first-order valence-corrected chi connectivity index (χ1v) is 11.3. The smallest absolute Gasteiger partial charge is 0.328 e. The van der Waals surface area contributed by atoms with Gasteiger partial charge in [0.15, 0.2) is 11.6 Å². The Balaban J connectivity index is 1.30. The minimum Gasteiger partial charge on any atom is -0.464 e. The van der Waals surface area contributed by atoms with E-state index < -0.39 is 0 Å². The molecule has 0 radical (unpaired) electrons. The summed E-state index contributed by atoms with van der Waals surface area (Å²) < 4.78 is 20.2. The van der Waals surface area contributed by atoms with Gasteiger partial charge in [0.05, 0.1) is 23.2 Å². The van der Waals surface area contributed by atoms with E-state index in [-0.39, 0.29) is 23.7 Å². The van der Waals surface area contributed by atoms with Gasteiger partial charge in [-0.05, 0) is 44.0 Å². The van der Waals surface area contributed by atoms with Crippen molar-refractivity contribution in [3.8, 4) is 11.5 Å². The van der Waals surface area contributed by atoms with Crippen LogP contribution in [0, 0.1) is 5.82 Å². The predicted molar refractivity (Wildman–Crippen MR) is 127 cm³/mol. The summed E-state index contributed by atoms with van der Waals surface area (Å²) in [6, 6.07) is 9.04. The molecule has 10 nitrogen and oxygen atoms in total. The average molecular weight is 478 g/mol. The number of hydrogen-bond acceptors (Lipinski definition) is 7. The molecular formula is C24H24FN7O3. The third-order valence-electron chi connectivity index (χ3n) is 5.92. The van der Waals surface area contributed by atoms with Crippen LogP contribution in [0.1, 0.15) is 30.1 Å². The molecule has 1 fully saturated rings. The number of anilines is 2. The highest BCUT2D eigenvalue weighted by Crippen LogP contribution is 2.26. The summed E-state index contributed by atoms with van der Waals surface area (Å²) in [4.78, 5) is 38.9. The molecule has 1 atom stereocenters. The molecule has 180 valence electrons. The van der Waals surface area contributed by atoms with E-state index in [0.717, 1.165) is 6.42 Å². The molecular weight excluding hydrogens is 453 g/mol. The van der Waals surface area contributed by atoms with Crippen LogP contribution in [0.4, 0.5) is 16.0 Å². The molecule has 2 N–H and O–H groups in total. The fourth-order valence-corrected chi connectivity index (χ4v) is 4.25. The number of nitrogens with zero attached hydrogens (tertiary/aromatic N) is 5. The monoisotopic (exact) mass is 477 g/mol. The largest absolute Gasteiger partial charge is 0.464 e. The maximum atomic E-state index is 13.5. The summed E-state index contributed by atoms with van der Waals surface area (Å²) in [5.74, 6) is 0.477. The van der Waals surface area contributed by atoms with Gasteiger partial charge in [-0.25, -0.2) is 19.2 Å². The number of imidazole rings is 1. The molecule has 5 rings (SSSR count). The van der Waals surface area contributed by atoms with Crippen molar-refractivity contribution in [1.29, 1.82) is 0 Å². The lowest BCUT2D eigenvalue weighted by atomic mass is 10.2. The molecule has 35 heavy (non-hydrogen) atoms. The van der Waals surface area contributed by atoms with Crippen molar-refractivity contribution in [2.75, 3.05) is 23.4 Å². The van der Waals surface area contributed by atoms with E-state index in [4.69, 9.17) is 4.74 Å². The summed E-state index contributed by atoms with van der Waals surface area (Å²) in [6.45, 7) is 2.82. The van der Waals surface area contributed by atoms with Crippen LogP contribution in [0.3, 0.4) is 0 Å². The van der Waals surface area contributed by atoms with Crippen LogP contribution >= 0.6 is 0 Å². The normalized spacial score (nSPS) is 15.5. The number of pyridine rings is 1. The zero-order valence-electron chi connectivity index (χ0n) is 19.3. The first kappa shape index (κ1) is 22.5. The zero-order valence-corrected chi connectivity index (χ0v) is 19.3. The van der Waals surface area contributed by atoms with E-state index >= 15 is 0 Å². The van der Waals surface area contributed by atoms with Gasteiger partial charge in [-0.2, -0.15) is 5.10 Å². The third kappa shape index (κ3) is 4.44. The average Bonchev–Trinajstić information content (AvgIpc) is 3.57. The van der Waals surface area contributed by atoms with Crippen LogP contribution in [0.2, 0.25) is 0 Å². The quantitative estimate of drug-likeness (QED) is 0.409. The number of aryl methyl sites for hydroxylation is 1. The Labute approximate surface area is 200 Å². The zero-order chi connectivity index (χ0) is 24.5. The van der Waals surface area contributed by atoms with Crippen LogP contribution < -0.4 is 10.2 Å². The highest BCUT2D eigenvalue weighted by atomic mass is 19.1. The number of benzene rings is 1. The second-order valence-corrected chi connectivity index (χ2v) is 8.25.